The van der Waals surface area contributed by atoms with Crippen LogP contribution in [0.25, 0.3) is 0 Å². The first-order chi connectivity index (χ1) is 13.6. The Hall–Kier alpha value is -1.90. The fraction of sp³-hybridized carbons (Fsp3) is 0.524. The molecule has 0 heterocycles. The van der Waals surface area contributed by atoms with E-state index in [4.69, 9.17) is 13.0 Å². The van der Waals surface area contributed by atoms with Crippen molar-refractivity contribution in [3.05, 3.63) is 47.6 Å². The van der Waals surface area contributed by atoms with Gasteiger partial charge in [0, 0.05) is 13.8 Å². The van der Waals surface area contributed by atoms with Gasteiger partial charge in [0.15, 0.2) is 5.78 Å². The van der Waals surface area contributed by atoms with E-state index in [1.54, 1.807) is 32.9 Å². The Balaban J connectivity index is 2.18. The van der Waals surface area contributed by atoms with Gasteiger partial charge >= 0.3 is 5.97 Å². The number of carbonyl (C=O) groups is 2. The molecule has 0 aromatic rings. The predicted octanol–water partition coefficient (Wildman–Crippen LogP) is 4.56. The van der Waals surface area contributed by atoms with E-state index in [0.29, 0.717) is 17.6 Å². The summed E-state index contributed by atoms with van der Waals surface area (Å²) in [6.07, 6.45) is 6.23. The Morgan fingerprint density at radius 2 is 2.17 bits per heavy atom. The zero-order valence-electron chi connectivity index (χ0n) is 20.4. The molecule has 0 aromatic carbocycles. The molecule has 130 valence electrons. The molecule has 3 atom stereocenters. The molecule has 0 unspecified atom stereocenters. The van der Waals surface area contributed by atoms with Gasteiger partial charge < -0.3 is 4.74 Å². The van der Waals surface area contributed by atoms with Gasteiger partial charge in [-0.15, -0.1) is 0 Å². The van der Waals surface area contributed by atoms with Crippen LogP contribution in [0.1, 0.15) is 55.5 Å². The average Bonchev–Trinajstić information content (AvgIpc) is 3.03. The second kappa shape index (κ2) is 6.92. The van der Waals surface area contributed by atoms with Gasteiger partial charge in [-0.05, 0) is 44.0 Å². The number of rotatable bonds is 6. The van der Waals surface area contributed by atoms with Gasteiger partial charge in [0.05, 0.1) is 12.3 Å². The Bertz CT molecular complexity index is 811. The summed E-state index contributed by atoms with van der Waals surface area (Å²) in [6.45, 7) is 3.33. The van der Waals surface area contributed by atoms with Crippen molar-refractivity contribution in [1.82, 2.24) is 0 Å². The van der Waals surface area contributed by atoms with Gasteiger partial charge in [-0.1, -0.05) is 50.3 Å². The van der Waals surface area contributed by atoms with E-state index < -0.39 is 48.6 Å². The fourth-order valence-corrected chi connectivity index (χ4v) is 3.38. The molecule has 3 heteroatoms. The Labute approximate surface area is 153 Å². The summed E-state index contributed by atoms with van der Waals surface area (Å²) in [5.41, 5.74) is 0.0590. The van der Waals surface area contributed by atoms with Crippen LogP contribution in [0.4, 0.5) is 0 Å². The lowest BCUT2D eigenvalue weighted by Crippen LogP contribution is -2.20. The van der Waals surface area contributed by atoms with Crippen LogP contribution < -0.4 is 0 Å². The zero-order chi connectivity index (χ0) is 23.1. The van der Waals surface area contributed by atoms with Crippen molar-refractivity contribution in [2.45, 2.75) is 53.4 Å². The van der Waals surface area contributed by atoms with E-state index in [2.05, 4.69) is 6.58 Å². The lowest BCUT2D eigenvalue weighted by Gasteiger charge is -2.13. The molecule has 2 aliphatic carbocycles. The van der Waals surface area contributed by atoms with Crippen molar-refractivity contribution in [3.63, 3.8) is 0 Å². The first-order valence-electron chi connectivity index (χ1n) is 11.1. The number of ketones is 1. The fourth-order valence-electron chi connectivity index (χ4n) is 3.38. The van der Waals surface area contributed by atoms with E-state index in [9.17, 15) is 9.59 Å². The monoisotopic (exact) mass is 334 g/mol. The summed E-state index contributed by atoms with van der Waals surface area (Å²) in [5, 5.41) is 0. The maximum atomic E-state index is 12.8. The van der Waals surface area contributed by atoms with E-state index >= 15 is 0 Å². The molecule has 0 aromatic heterocycles. The molecule has 1 fully saturated rings. The molecule has 0 radical (unpaired) electrons. The standard InChI is InChI=1S/C21H28O3/c1-7-8-9-10-15-14(4)18(12-17(15)22)24-20(23)19-16(11-13(2)3)21(19,5)6/h7-9,11,16,18-19H,1,10,12H2,2-6H3/b9-8+/t16-,18+,19+/m1/s1/i2D3,3D3. The molecular formula is C21H28O3. The van der Waals surface area contributed by atoms with Crippen molar-refractivity contribution in [1.29, 1.82) is 0 Å². The highest BCUT2D eigenvalue weighted by molar-refractivity contribution is 6.00. The normalized spacial score (nSPS) is 33.0. The topological polar surface area (TPSA) is 43.4 Å². The minimum absolute atomic E-state index is 0.0717. The molecule has 0 aliphatic heterocycles. The largest absolute Gasteiger partial charge is 0.457 e. The molecule has 0 amide bonds. The van der Waals surface area contributed by atoms with Gasteiger partial charge in [-0.3, -0.25) is 9.59 Å². The maximum absolute atomic E-state index is 12.8. The molecule has 3 nitrogen and oxygen atoms in total. The van der Waals surface area contributed by atoms with Crippen LogP contribution in [0.2, 0.25) is 0 Å². The summed E-state index contributed by atoms with van der Waals surface area (Å²) >= 11 is 0. The van der Waals surface area contributed by atoms with E-state index in [1.165, 1.54) is 6.08 Å². The van der Waals surface area contributed by atoms with Crippen LogP contribution in [-0.4, -0.2) is 17.9 Å². The van der Waals surface area contributed by atoms with Crippen LogP contribution in [0.5, 0.6) is 0 Å². The molecule has 0 N–H and O–H groups in total. The Morgan fingerprint density at radius 1 is 1.46 bits per heavy atom. The van der Waals surface area contributed by atoms with Crippen molar-refractivity contribution in [3.8, 4) is 0 Å². The lowest BCUT2D eigenvalue weighted by atomic mass is 10.1. The van der Waals surface area contributed by atoms with Crippen LogP contribution in [-0.2, 0) is 14.3 Å². The number of allylic oxidation sites excluding steroid dienone is 6. The third kappa shape index (κ3) is 3.61. The van der Waals surface area contributed by atoms with Gasteiger partial charge in [0.2, 0.25) is 0 Å². The number of ether oxygens (including phenoxy) is 1. The van der Waals surface area contributed by atoms with Gasteiger partial charge in [0.1, 0.15) is 6.10 Å². The lowest BCUT2D eigenvalue weighted by molar-refractivity contribution is -0.150. The third-order valence-electron chi connectivity index (χ3n) is 5.03. The summed E-state index contributed by atoms with van der Waals surface area (Å²) in [7, 11) is 0. The van der Waals surface area contributed by atoms with Crippen molar-refractivity contribution in [2.24, 2.45) is 17.3 Å². The maximum Gasteiger partial charge on any atom is 0.310 e. The number of Topliss-reactive ketones (excluding diaryl/α,β-unsaturated/α-hetero) is 1. The van der Waals surface area contributed by atoms with Crippen LogP contribution in [0, 0.1) is 17.3 Å². The number of hydrogen-bond acceptors (Lipinski definition) is 3. The summed E-state index contributed by atoms with van der Waals surface area (Å²) in [4.78, 5) is 25.1. The second-order valence-electron chi connectivity index (χ2n) is 6.99. The van der Waals surface area contributed by atoms with Crippen LogP contribution >= 0.6 is 0 Å². The summed E-state index contributed by atoms with van der Waals surface area (Å²) in [5.74, 6) is -1.84. The molecule has 0 spiro atoms. The first-order valence-corrected chi connectivity index (χ1v) is 8.06. The predicted molar refractivity (Wildman–Crippen MR) is 96.4 cm³/mol. The Kier molecular flexibility index (Phi) is 3.35. The molecule has 2 aliphatic rings. The molecule has 24 heavy (non-hydrogen) atoms. The highest BCUT2D eigenvalue weighted by Gasteiger charge is 2.61. The van der Waals surface area contributed by atoms with Gasteiger partial charge in [-0.25, -0.2) is 0 Å². The number of esters is 1. The van der Waals surface area contributed by atoms with Crippen LogP contribution in [0.15, 0.2) is 47.6 Å². The quantitative estimate of drug-likeness (QED) is 0.406. The van der Waals surface area contributed by atoms with Crippen molar-refractivity contribution in [2.75, 3.05) is 0 Å². The van der Waals surface area contributed by atoms with Crippen LogP contribution in [0.3, 0.4) is 0 Å². The molecule has 0 saturated heterocycles. The molecule has 2 rings (SSSR count). The average molecular weight is 334 g/mol. The highest BCUT2D eigenvalue weighted by atomic mass is 16.5. The second-order valence-corrected chi connectivity index (χ2v) is 6.99. The van der Waals surface area contributed by atoms with Gasteiger partial charge in [0.25, 0.3) is 0 Å². The smallest absolute Gasteiger partial charge is 0.310 e. The molecule has 1 saturated carbocycles. The number of hydrogen-bond donors (Lipinski definition) is 0. The molecular weight excluding hydrogens is 300 g/mol. The minimum atomic E-state index is -2.77. The van der Waals surface area contributed by atoms with Crippen molar-refractivity contribution < 1.29 is 22.6 Å². The Morgan fingerprint density at radius 3 is 2.79 bits per heavy atom. The summed E-state index contributed by atoms with van der Waals surface area (Å²) < 4.78 is 50.7. The SMILES string of the molecule is [2H]C([2H])([2H])C(=C[C@@H]1[C@@H](C(=O)O[C@H]2CC(=O)C(C/C=C/C=C)=C2C)C1(C)C)C([2H])([2H])[2H]. The number of carbonyl (C=O) groups excluding carboxylic acids is 2. The van der Waals surface area contributed by atoms with E-state index in [0.717, 1.165) is 0 Å². The van der Waals surface area contributed by atoms with Crippen molar-refractivity contribution >= 4 is 11.8 Å². The third-order valence-corrected chi connectivity index (χ3v) is 5.03. The zero-order valence-corrected chi connectivity index (χ0v) is 14.4. The minimum Gasteiger partial charge on any atom is -0.457 e. The highest BCUT2D eigenvalue weighted by Crippen LogP contribution is 2.60. The van der Waals surface area contributed by atoms with E-state index in [1.807, 2.05) is 6.08 Å². The van der Waals surface area contributed by atoms with E-state index in [-0.39, 0.29) is 12.2 Å². The first kappa shape index (κ1) is 11.6. The van der Waals surface area contributed by atoms with Gasteiger partial charge in [-0.2, -0.15) is 0 Å². The summed E-state index contributed by atoms with van der Waals surface area (Å²) in [6, 6.07) is 0. The molecule has 0 bridgehead atoms.